The molecule has 0 unspecified atom stereocenters. The summed E-state index contributed by atoms with van der Waals surface area (Å²) in [5.41, 5.74) is 0.266. The Morgan fingerprint density at radius 1 is 1.36 bits per heavy atom. The van der Waals surface area contributed by atoms with Crippen molar-refractivity contribution in [3.63, 3.8) is 0 Å². The second-order valence-corrected chi connectivity index (χ2v) is 6.56. The fourth-order valence-electron chi connectivity index (χ4n) is 2.08. The number of nitrogens with one attached hydrogen (secondary N) is 1. The summed E-state index contributed by atoms with van der Waals surface area (Å²) in [5, 5.41) is 2.59. The number of hydrogen-bond donors (Lipinski definition) is 1. The number of thioether (sulfide) groups is 1. The molecule has 9 heteroatoms. The molecule has 2 amide bonds. The van der Waals surface area contributed by atoms with Gasteiger partial charge in [0.05, 0.1) is 12.4 Å². The number of benzene rings is 1. The zero-order chi connectivity index (χ0) is 18.2. The Bertz CT molecular complexity index is 664. The minimum Gasteiger partial charge on any atom is -0.493 e. The third kappa shape index (κ3) is 5.43. The number of thiocarbonyl (C=S) groups is 1. The lowest BCUT2D eigenvalue weighted by atomic mass is 10.2. The molecule has 0 spiro atoms. The summed E-state index contributed by atoms with van der Waals surface area (Å²) in [4.78, 5) is 36.8. The summed E-state index contributed by atoms with van der Waals surface area (Å²) in [7, 11) is 0. The molecule has 0 bridgehead atoms. The average molecular weight is 382 g/mol. The predicted octanol–water partition coefficient (Wildman–Crippen LogP) is 1.22. The Hall–Kier alpha value is -2.13. The van der Waals surface area contributed by atoms with Crippen LogP contribution in [0.15, 0.2) is 24.3 Å². The van der Waals surface area contributed by atoms with Crippen LogP contribution in [0.4, 0.5) is 0 Å². The van der Waals surface area contributed by atoms with Crippen molar-refractivity contribution in [3.05, 3.63) is 29.8 Å². The van der Waals surface area contributed by atoms with Gasteiger partial charge in [0, 0.05) is 13.1 Å². The SMILES string of the molecule is CCOc1ccccc1C(=O)OCC(=O)NCCN1C(=O)CSC1=S. The maximum Gasteiger partial charge on any atom is 0.342 e. The molecule has 7 nitrogen and oxygen atoms in total. The maximum absolute atomic E-state index is 12.1. The highest BCUT2D eigenvalue weighted by atomic mass is 32.2. The first kappa shape index (κ1) is 19.2. The van der Waals surface area contributed by atoms with Gasteiger partial charge in [-0.2, -0.15) is 0 Å². The second-order valence-electron chi connectivity index (χ2n) is 4.96. The largest absolute Gasteiger partial charge is 0.493 e. The van der Waals surface area contributed by atoms with E-state index in [9.17, 15) is 14.4 Å². The van der Waals surface area contributed by atoms with E-state index in [-0.39, 0.29) is 18.0 Å². The van der Waals surface area contributed by atoms with E-state index in [0.717, 1.165) is 0 Å². The van der Waals surface area contributed by atoms with Crippen molar-refractivity contribution in [1.29, 1.82) is 0 Å². The molecule has 1 aliphatic rings. The normalized spacial score (nSPS) is 13.7. The Labute approximate surface area is 155 Å². The van der Waals surface area contributed by atoms with Gasteiger partial charge >= 0.3 is 5.97 Å². The molecule has 25 heavy (non-hydrogen) atoms. The van der Waals surface area contributed by atoms with E-state index in [0.29, 0.717) is 29.0 Å². The van der Waals surface area contributed by atoms with Crippen molar-refractivity contribution in [3.8, 4) is 5.75 Å². The molecule has 1 fully saturated rings. The van der Waals surface area contributed by atoms with Gasteiger partial charge < -0.3 is 14.8 Å². The first-order chi connectivity index (χ1) is 12.0. The van der Waals surface area contributed by atoms with Crippen molar-refractivity contribution < 1.29 is 23.9 Å². The van der Waals surface area contributed by atoms with Gasteiger partial charge in [-0.15, -0.1) is 0 Å². The first-order valence-electron chi connectivity index (χ1n) is 7.65. The molecule has 1 aliphatic heterocycles. The monoisotopic (exact) mass is 382 g/mol. The van der Waals surface area contributed by atoms with Crippen molar-refractivity contribution >= 4 is 46.1 Å². The molecule has 1 aromatic carbocycles. The predicted molar refractivity (Wildman–Crippen MR) is 97.7 cm³/mol. The summed E-state index contributed by atoms with van der Waals surface area (Å²) in [6.07, 6.45) is 0. The average Bonchev–Trinajstić information content (AvgIpc) is 2.92. The van der Waals surface area contributed by atoms with Crippen LogP contribution >= 0.6 is 24.0 Å². The lowest BCUT2D eigenvalue weighted by Crippen LogP contribution is -2.38. The fraction of sp³-hybridized carbons (Fsp3) is 0.375. The van der Waals surface area contributed by atoms with Crippen LogP contribution < -0.4 is 10.1 Å². The van der Waals surface area contributed by atoms with Crippen LogP contribution in [0.3, 0.4) is 0 Å². The standard InChI is InChI=1S/C16H18N2O5S2/c1-2-22-12-6-4-3-5-11(12)15(21)23-9-13(19)17-7-8-18-14(20)10-25-16(18)24/h3-6H,2,7-10H2,1H3,(H,17,19). The topological polar surface area (TPSA) is 84.9 Å². The number of para-hydroxylation sites is 1. The van der Waals surface area contributed by atoms with Crippen molar-refractivity contribution in [2.45, 2.75) is 6.92 Å². The zero-order valence-electron chi connectivity index (χ0n) is 13.6. The van der Waals surface area contributed by atoms with Gasteiger partial charge in [0.25, 0.3) is 5.91 Å². The molecule has 0 saturated carbocycles. The quantitative estimate of drug-likeness (QED) is 0.534. The molecule has 0 radical (unpaired) electrons. The van der Waals surface area contributed by atoms with Crippen molar-refractivity contribution in [2.24, 2.45) is 0 Å². The molecule has 1 N–H and O–H groups in total. The summed E-state index contributed by atoms with van der Waals surface area (Å²) < 4.78 is 10.9. The Morgan fingerprint density at radius 3 is 2.80 bits per heavy atom. The summed E-state index contributed by atoms with van der Waals surface area (Å²) in [6, 6.07) is 6.67. The Kier molecular flexibility index (Phi) is 7.20. The summed E-state index contributed by atoms with van der Waals surface area (Å²) in [5.74, 6) is -0.403. The molecule has 0 atom stereocenters. The van der Waals surface area contributed by atoms with Crippen LogP contribution in [-0.4, -0.2) is 59.1 Å². The number of nitrogens with zero attached hydrogens (tertiary/aromatic N) is 1. The van der Waals surface area contributed by atoms with Gasteiger partial charge in [0.15, 0.2) is 6.61 Å². The Balaban J connectivity index is 1.75. The minimum absolute atomic E-state index is 0.0665. The van der Waals surface area contributed by atoms with Gasteiger partial charge in [0.1, 0.15) is 15.6 Å². The highest BCUT2D eigenvalue weighted by Gasteiger charge is 2.26. The van der Waals surface area contributed by atoms with Crippen LogP contribution in [-0.2, 0) is 14.3 Å². The number of rotatable bonds is 8. The number of amides is 2. The molecular formula is C16H18N2O5S2. The van der Waals surface area contributed by atoms with Crippen LogP contribution in [0.5, 0.6) is 5.75 Å². The van der Waals surface area contributed by atoms with Gasteiger partial charge in [-0.25, -0.2) is 4.79 Å². The molecule has 0 aromatic heterocycles. The van der Waals surface area contributed by atoms with E-state index in [1.54, 1.807) is 24.3 Å². The lowest BCUT2D eigenvalue weighted by Gasteiger charge is -2.15. The molecule has 1 saturated heterocycles. The first-order valence-corrected chi connectivity index (χ1v) is 9.05. The molecule has 0 aliphatic carbocycles. The molecular weight excluding hydrogens is 364 g/mol. The lowest BCUT2D eigenvalue weighted by molar-refractivity contribution is -0.126. The van der Waals surface area contributed by atoms with E-state index in [1.807, 2.05) is 6.92 Å². The third-order valence-electron chi connectivity index (χ3n) is 3.24. The molecule has 1 aromatic rings. The summed E-state index contributed by atoms with van der Waals surface area (Å²) in [6.45, 7) is 2.35. The van der Waals surface area contributed by atoms with E-state index >= 15 is 0 Å². The Morgan fingerprint density at radius 2 is 2.12 bits per heavy atom. The molecule has 1 heterocycles. The van der Waals surface area contributed by atoms with Gasteiger partial charge in [-0.3, -0.25) is 14.5 Å². The molecule has 134 valence electrons. The zero-order valence-corrected chi connectivity index (χ0v) is 15.3. The number of carbonyl (C=O) groups is 3. The third-order valence-corrected chi connectivity index (χ3v) is 4.67. The number of ether oxygens (including phenoxy) is 2. The van der Waals surface area contributed by atoms with Crippen molar-refractivity contribution in [1.82, 2.24) is 10.2 Å². The number of hydrogen-bond acceptors (Lipinski definition) is 7. The maximum atomic E-state index is 12.1. The van der Waals surface area contributed by atoms with Crippen molar-refractivity contribution in [2.75, 3.05) is 32.1 Å². The fourth-order valence-corrected chi connectivity index (χ4v) is 3.20. The van der Waals surface area contributed by atoms with E-state index in [2.05, 4.69) is 5.32 Å². The van der Waals surface area contributed by atoms with Gasteiger partial charge in [-0.05, 0) is 19.1 Å². The van der Waals surface area contributed by atoms with Crippen LogP contribution in [0.25, 0.3) is 0 Å². The summed E-state index contributed by atoms with van der Waals surface area (Å²) >= 11 is 6.35. The van der Waals surface area contributed by atoms with Gasteiger partial charge in [-0.1, -0.05) is 36.1 Å². The second kappa shape index (κ2) is 9.38. The van der Waals surface area contributed by atoms with E-state index < -0.39 is 18.5 Å². The minimum atomic E-state index is -0.633. The number of carbonyl (C=O) groups excluding carboxylic acids is 3. The number of esters is 1. The molecule has 2 rings (SSSR count). The van der Waals surface area contributed by atoms with Crippen LogP contribution in [0.2, 0.25) is 0 Å². The van der Waals surface area contributed by atoms with Crippen LogP contribution in [0.1, 0.15) is 17.3 Å². The van der Waals surface area contributed by atoms with E-state index in [1.165, 1.54) is 16.7 Å². The highest BCUT2D eigenvalue weighted by Crippen LogP contribution is 2.19. The smallest absolute Gasteiger partial charge is 0.342 e. The van der Waals surface area contributed by atoms with Gasteiger partial charge in [0.2, 0.25) is 5.91 Å². The highest BCUT2D eigenvalue weighted by molar-refractivity contribution is 8.23. The van der Waals surface area contributed by atoms with Crippen LogP contribution in [0, 0.1) is 0 Å². The van der Waals surface area contributed by atoms with E-state index in [4.69, 9.17) is 21.7 Å².